The Bertz CT molecular complexity index is 678. The molecule has 0 bridgehead atoms. The van der Waals surface area contributed by atoms with E-state index in [9.17, 15) is 0 Å². The zero-order valence-electron chi connectivity index (χ0n) is 8.77. The second kappa shape index (κ2) is 4.61. The molecule has 0 saturated carbocycles. The van der Waals surface area contributed by atoms with Crippen molar-refractivity contribution >= 4 is 34.2 Å². The lowest BCUT2D eigenvalue weighted by atomic mass is 10.7. The molecule has 0 aliphatic carbocycles. The molecule has 0 unspecified atom stereocenters. The van der Waals surface area contributed by atoms with Crippen LogP contribution in [0.2, 0.25) is 5.28 Å². The highest BCUT2D eigenvalue weighted by atomic mass is 127. The maximum absolute atomic E-state index is 5.88. The molecule has 3 aromatic heterocycles. The number of halogens is 2. The number of nitrogens with zero attached hydrogens (tertiary/aromatic N) is 7. The van der Waals surface area contributed by atoms with Crippen molar-refractivity contribution in [2.24, 2.45) is 0 Å². The van der Waals surface area contributed by atoms with Crippen LogP contribution in [0.4, 0.5) is 0 Å². The van der Waals surface area contributed by atoms with Gasteiger partial charge in [-0.25, -0.2) is 9.67 Å². The van der Waals surface area contributed by atoms with Crippen LogP contribution in [0.5, 0.6) is 0 Å². The van der Waals surface area contributed by atoms with Gasteiger partial charge < -0.3 is 0 Å². The lowest BCUT2D eigenvalue weighted by Gasteiger charge is -2.03. The average Bonchev–Trinajstić information content (AvgIpc) is 2.98. The molecule has 0 aliphatic rings. The van der Waals surface area contributed by atoms with Gasteiger partial charge in [0, 0.05) is 18.6 Å². The summed E-state index contributed by atoms with van der Waals surface area (Å²) in [6, 6.07) is 0. The minimum Gasteiger partial charge on any atom is -0.274 e. The average molecular weight is 374 g/mol. The predicted octanol–water partition coefficient (Wildman–Crippen LogP) is 1.50. The maximum atomic E-state index is 5.88. The largest absolute Gasteiger partial charge is 0.274 e. The zero-order chi connectivity index (χ0) is 12.5. The molecule has 90 valence electrons. The summed E-state index contributed by atoms with van der Waals surface area (Å²) in [5.74, 6) is 0.759. The third-order valence-electron chi connectivity index (χ3n) is 2.08. The summed E-state index contributed by atoms with van der Waals surface area (Å²) in [6.07, 6.45) is 8.44. The Morgan fingerprint density at radius 1 is 1.17 bits per heavy atom. The number of hydrogen-bond donors (Lipinski definition) is 0. The van der Waals surface area contributed by atoms with Crippen molar-refractivity contribution in [3.8, 4) is 11.9 Å². The molecule has 0 spiro atoms. The first-order chi connectivity index (χ1) is 8.72. The van der Waals surface area contributed by atoms with Gasteiger partial charge in [-0.05, 0) is 34.2 Å². The lowest BCUT2D eigenvalue weighted by Crippen LogP contribution is -2.08. The number of hydrogen-bond acceptors (Lipinski definition) is 5. The molecule has 0 aromatic carbocycles. The standard InChI is InChI=1S/C9H5ClIN7/c10-7-14-8(17-2-1-12-5-17)16-9(15-7)18-4-6(11)3-13-18/h1-5H. The third-order valence-corrected chi connectivity index (χ3v) is 2.80. The van der Waals surface area contributed by atoms with Crippen molar-refractivity contribution in [2.75, 3.05) is 0 Å². The van der Waals surface area contributed by atoms with Crippen molar-refractivity contribution in [3.05, 3.63) is 40.0 Å². The molecule has 3 heterocycles. The number of rotatable bonds is 2. The van der Waals surface area contributed by atoms with Crippen LogP contribution in [0.1, 0.15) is 0 Å². The summed E-state index contributed by atoms with van der Waals surface area (Å²) in [5.41, 5.74) is 0. The van der Waals surface area contributed by atoms with Crippen LogP contribution in [-0.4, -0.2) is 34.3 Å². The van der Waals surface area contributed by atoms with Crippen LogP contribution in [0.3, 0.4) is 0 Å². The second-order valence-corrected chi connectivity index (χ2v) is 4.86. The molecule has 0 radical (unpaired) electrons. The molecule has 0 atom stereocenters. The molecule has 0 N–H and O–H groups in total. The van der Waals surface area contributed by atoms with E-state index in [4.69, 9.17) is 11.6 Å². The highest BCUT2D eigenvalue weighted by Gasteiger charge is 2.09. The van der Waals surface area contributed by atoms with Crippen LogP contribution in [0, 0.1) is 3.57 Å². The Labute approximate surface area is 120 Å². The first kappa shape index (κ1) is 11.5. The summed E-state index contributed by atoms with van der Waals surface area (Å²) >= 11 is 8.04. The van der Waals surface area contributed by atoms with Crippen LogP contribution in [0.15, 0.2) is 31.1 Å². The van der Waals surface area contributed by atoms with Gasteiger partial charge in [0.05, 0.1) is 9.77 Å². The van der Waals surface area contributed by atoms with Crippen molar-refractivity contribution in [1.82, 2.24) is 34.3 Å². The van der Waals surface area contributed by atoms with E-state index in [1.54, 1.807) is 35.7 Å². The first-order valence-corrected chi connectivity index (χ1v) is 6.28. The number of imidazole rings is 1. The van der Waals surface area contributed by atoms with Crippen LogP contribution in [0.25, 0.3) is 11.9 Å². The summed E-state index contributed by atoms with van der Waals surface area (Å²) in [4.78, 5) is 16.3. The van der Waals surface area contributed by atoms with Gasteiger partial charge in [-0.15, -0.1) is 0 Å². The molecular weight excluding hydrogens is 369 g/mol. The molecule has 18 heavy (non-hydrogen) atoms. The van der Waals surface area contributed by atoms with Crippen LogP contribution < -0.4 is 0 Å². The van der Waals surface area contributed by atoms with E-state index in [0.29, 0.717) is 11.9 Å². The van der Waals surface area contributed by atoms with Crippen molar-refractivity contribution < 1.29 is 0 Å². The molecule has 0 saturated heterocycles. The Morgan fingerprint density at radius 3 is 2.67 bits per heavy atom. The Morgan fingerprint density at radius 2 is 2.00 bits per heavy atom. The van der Waals surface area contributed by atoms with Gasteiger partial charge >= 0.3 is 0 Å². The van der Waals surface area contributed by atoms with E-state index in [2.05, 4.69) is 47.6 Å². The van der Waals surface area contributed by atoms with Gasteiger partial charge in [0.25, 0.3) is 5.95 Å². The predicted molar refractivity (Wildman–Crippen MR) is 71.8 cm³/mol. The minimum atomic E-state index is 0.106. The van der Waals surface area contributed by atoms with E-state index in [1.807, 2.05) is 0 Å². The fourth-order valence-corrected chi connectivity index (χ4v) is 1.87. The van der Waals surface area contributed by atoms with Crippen molar-refractivity contribution in [3.63, 3.8) is 0 Å². The molecule has 0 amide bonds. The van der Waals surface area contributed by atoms with Gasteiger partial charge in [0.1, 0.15) is 6.33 Å². The molecule has 7 nitrogen and oxygen atoms in total. The minimum absolute atomic E-state index is 0.106. The highest BCUT2D eigenvalue weighted by Crippen LogP contribution is 2.10. The SMILES string of the molecule is Clc1nc(-n2ccnc2)nc(-n2cc(I)cn2)n1. The molecule has 3 rings (SSSR count). The van der Waals surface area contributed by atoms with Crippen molar-refractivity contribution in [1.29, 1.82) is 0 Å². The van der Waals surface area contributed by atoms with E-state index in [1.165, 1.54) is 4.68 Å². The highest BCUT2D eigenvalue weighted by molar-refractivity contribution is 14.1. The molecule has 0 fully saturated rings. The summed E-state index contributed by atoms with van der Waals surface area (Å²) in [5, 5.41) is 4.23. The monoisotopic (exact) mass is 373 g/mol. The third kappa shape index (κ3) is 2.20. The van der Waals surface area contributed by atoms with E-state index in [-0.39, 0.29) is 5.28 Å². The normalized spacial score (nSPS) is 10.8. The van der Waals surface area contributed by atoms with Gasteiger partial charge in [0.15, 0.2) is 0 Å². The molecular formula is C9H5ClIN7. The van der Waals surface area contributed by atoms with E-state index >= 15 is 0 Å². The molecule has 0 aliphatic heterocycles. The van der Waals surface area contributed by atoms with E-state index < -0.39 is 0 Å². The summed E-state index contributed by atoms with van der Waals surface area (Å²) in [7, 11) is 0. The van der Waals surface area contributed by atoms with Gasteiger partial charge in [-0.2, -0.15) is 20.1 Å². The second-order valence-electron chi connectivity index (χ2n) is 3.28. The van der Waals surface area contributed by atoms with Gasteiger partial charge in [-0.1, -0.05) is 0 Å². The topological polar surface area (TPSA) is 74.3 Å². The van der Waals surface area contributed by atoms with Gasteiger partial charge in [-0.3, -0.25) is 4.57 Å². The Hall–Kier alpha value is -1.55. The summed E-state index contributed by atoms with van der Waals surface area (Å²) in [6.45, 7) is 0. The molecule has 3 aromatic rings. The Kier molecular flexibility index (Phi) is 2.96. The number of aromatic nitrogens is 7. The quantitative estimate of drug-likeness (QED) is 0.637. The smallest absolute Gasteiger partial charge is 0.256 e. The van der Waals surface area contributed by atoms with E-state index in [0.717, 1.165) is 3.57 Å². The fourth-order valence-electron chi connectivity index (χ4n) is 1.34. The zero-order valence-corrected chi connectivity index (χ0v) is 11.7. The lowest BCUT2D eigenvalue weighted by molar-refractivity contribution is 0.773. The van der Waals surface area contributed by atoms with Crippen molar-refractivity contribution in [2.45, 2.75) is 0 Å². The maximum Gasteiger partial charge on any atom is 0.256 e. The van der Waals surface area contributed by atoms with Gasteiger partial charge in [0.2, 0.25) is 11.2 Å². The molecule has 9 heteroatoms. The van der Waals surface area contributed by atoms with Crippen LogP contribution in [-0.2, 0) is 0 Å². The first-order valence-electron chi connectivity index (χ1n) is 4.83. The van der Waals surface area contributed by atoms with Crippen LogP contribution >= 0.6 is 34.2 Å². The fraction of sp³-hybridized carbons (Fsp3) is 0. The Balaban J connectivity index is 2.11. The summed E-state index contributed by atoms with van der Waals surface area (Å²) < 4.78 is 4.16.